The summed E-state index contributed by atoms with van der Waals surface area (Å²) < 4.78 is 0. The third-order valence-electron chi connectivity index (χ3n) is 3.11. The van der Waals surface area contributed by atoms with Crippen molar-refractivity contribution >= 4 is 34.9 Å². The van der Waals surface area contributed by atoms with E-state index in [4.69, 9.17) is 11.6 Å². The lowest BCUT2D eigenvalue weighted by molar-refractivity contribution is -0.384. The maximum absolute atomic E-state index is 10.9. The largest absolute Gasteiger partial charge is 0.360 e. The zero-order valence-electron chi connectivity index (χ0n) is 9.93. The van der Waals surface area contributed by atoms with E-state index in [9.17, 15) is 10.1 Å². The van der Waals surface area contributed by atoms with E-state index in [2.05, 4.69) is 16.6 Å². The second kappa shape index (κ2) is 5.75. The number of aromatic nitrogens is 1. The zero-order valence-corrected chi connectivity index (χ0v) is 11.5. The number of hydrogen-bond acceptors (Lipinski definition) is 5. The number of rotatable bonds is 4. The highest BCUT2D eigenvalue weighted by atomic mass is 35.5. The SMILES string of the molecule is CSC1CCCC1Nc1nc(Cl)ccc1[N+](=O)[O-]. The van der Waals surface area contributed by atoms with Crippen LogP contribution < -0.4 is 5.32 Å². The minimum atomic E-state index is -0.436. The molecular weight excluding hydrogens is 274 g/mol. The van der Waals surface area contributed by atoms with Crippen LogP contribution in [0.15, 0.2) is 12.1 Å². The summed E-state index contributed by atoms with van der Waals surface area (Å²) >= 11 is 7.58. The molecule has 98 valence electrons. The van der Waals surface area contributed by atoms with Gasteiger partial charge in [0.1, 0.15) is 5.15 Å². The van der Waals surface area contributed by atoms with E-state index in [-0.39, 0.29) is 22.7 Å². The van der Waals surface area contributed by atoms with Gasteiger partial charge in [-0.25, -0.2) is 4.98 Å². The van der Waals surface area contributed by atoms with Crippen molar-refractivity contribution in [3.8, 4) is 0 Å². The van der Waals surface area contributed by atoms with Crippen molar-refractivity contribution in [1.29, 1.82) is 0 Å². The molecule has 0 spiro atoms. The molecule has 5 nitrogen and oxygen atoms in total. The Morgan fingerprint density at radius 1 is 1.56 bits per heavy atom. The van der Waals surface area contributed by atoms with Crippen LogP contribution in [0.2, 0.25) is 5.15 Å². The van der Waals surface area contributed by atoms with Crippen molar-refractivity contribution in [1.82, 2.24) is 4.98 Å². The monoisotopic (exact) mass is 287 g/mol. The van der Waals surface area contributed by atoms with E-state index in [1.54, 1.807) is 11.8 Å². The van der Waals surface area contributed by atoms with E-state index in [0.29, 0.717) is 5.25 Å². The Morgan fingerprint density at radius 3 is 3.00 bits per heavy atom. The van der Waals surface area contributed by atoms with Gasteiger partial charge in [-0.05, 0) is 25.2 Å². The first-order valence-electron chi connectivity index (χ1n) is 5.72. The number of anilines is 1. The quantitative estimate of drug-likeness (QED) is 0.522. The molecule has 0 radical (unpaired) electrons. The van der Waals surface area contributed by atoms with Gasteiger partial charge in [-0.3, -0.25) is 10.1 Å². The van der Waals surface area contributed by atoms with Gasteiger partial charge in [0.25, 0.3) is 0 Å². The Morgan fingerprint density at radius 2 is 2.33 bits per heavy atom. The fourth-order valence-electron chi connectivity index (χ4n) is 2.23. The van der Waals surface area contributed by atoms with Crippen LogP contribution in [0, 0.1) is 10.1 Å². The number of nitrogens with zero attached hydrogens (tertiary/aromatic N) is 2. The van der Waals surface area contributed by atoms with Crippen LogP contribution in [0.25, 0.3) is 0 Å². The molecule has 1 saturated carbocycles. The number of thioether (sulfide) groups is 1. The molecule has 7 heteroatoms. The van der Waals surface area contributed by atoms with Crippen LogP contribution in [-0.2, 0) is 0 Å². The van der Waals surface area contributed by atoms with Crippen molar-refractivity contribution in [3.63, 3.8) is 0 Å². The molecule has 1 aliphatic carbocycles. The van der Waals surface area contributed by atoms with E-state index in [0.717, 1.165) is 19.3 Å². The molecule has 1 heterocycles. The van der Waals surface area contributed by atoms with Crippen molar-refractivity contribution in [3.05, 3.63) is 27.4 Å². The van der Waals surface area contributed by atoms with Crippen LogP contribution in [0.5, 0.6) is 0 Å². The maximum atomic E-state index is 10.9. The summed E-state index contributed by atoms with van der Waals surface area (Å²) in [5.41, 5.74) is -0.0221. The normalized spacial score (nSPS) is 23.0. The molecule has 2 atom stereocenters. The smallest absolute Gasteiger partial charge is 0.311 e. The summed E-state index contributed by atoms with van der Waals surface area (Å²) in [6.07, 6.45) is 5.34. The summed E-state index contributed by atoms with van der Waals surface area (Å²) in [5, 5.41) is 14.9. The van der Waals surface area contributed by atoms with Gasteiger partial charge in [0.05, 0.1) is 4.92 Å². The fraction of sp³-hybridized carbons (Fsp3) is 0.545. The summed E-state index contributed by atoms with van der Waals surface area (Å²) in [6, 6.07) is 3.05. The van der Waals surface area contributed by atoms with Gasteiger partial charge in [0, 0.05) is 17.4 Å². The first-order chi connectivity index (χ1) is 8.61. The number of pyridine rings is 1. The maximum Gasteiger partial charge on any atom is 0.311 e. The summed E-state index contributed by atoms with van der Waals surface area (Å²) in [5.74, 6) is 0.276. The Hall–Kier alpha value is -1.01. The number of nitro groups is 1. The molecule has 0 bridgehead atoms. The van der Waals surface area contributed by atoms with Gasteiger partial charge >= 0.3 is 5.69 Å². The van der Waals surface area contributed by atoms with Gasteiger partial charge in [-0.2, -0.15) is 11.8 Å². The van der Waals surface area contributed by atoms with Gasteiger partial charge < -0.3 is 5.32 Å². The topological polar surface area (TPSA) is 68.1 Å². The first kappa shape index (κ1) is 13.4. The van der Waals surface area contributed by atoms with Crippen molar-refractivity contribution in [2.75, 3.05) is 11.6 Å². The zero-order chi connectivity index (χ0) is 13.1. The minimum absolute atomic E-state index is 0.0221. The molecule has 1 fully saturated rings. The average Bonchev–Trinajstić information content (AvgIpc) is 2.76. The molecule has 2 unspecified atom stereocenters. The van der Waals surface area contributed by atoms with E-state index in [1.807, 2.05) is 0 Å². The second-order valence-electron chi connectivity index (χ2n) is 4.21. The summed E-state index contributed by atoms with van der Waals surface area (Å²) in [7, 11) is 0. The van der Waals surface area contributed by atoms with Crippen LogP contribution >= 0.6 is 23.4 Å². The Labute approximate surface area is 114 Å². The number of halogens is 1. The van der Waals surface area contributed by atoms with Crippen molar-refractivity contribution in [2.24, 2.45) is 0 Å². The lowest BCUT2D eigenvalue weighted by atomic mass is 10.2. The molecule has 0 saturated heterocycles. The molecule has 1 aromatic heterocycles. The third kappa shape index (κ3) is 2.87. The lowest BCUT2D eigenvalue weighted by Gasteiger charge is -2.19. The van der Waals surface area contributed by atoms with E-state index >= 15 is 0 Å². The molecule has 2 rings (SSSR count). The third-order valence-corrected chi connectivity index (χ3v) is 4.49. The Balaban J connectivity index is 2.22. The standard InChI is InChI=1S/C11H14ClN3O2S/c1-18-9-4-2-3-7(9)13-11-8(15(16)17)5-6-10(12)14-11/h5-7,9H,2-4H2,1H3,(H,13,14). The molecule has 0 amide bonds. The van der Waals surface area contributed by atoms with Crippen LogP contribution in [0.3, 0.4) is 0 Å². The summed E-state index contributed by atoms with van der Waals surface area (Å²) in [6.45, 7) is 0. The molecule has 18 heavy (non-hydrogen) atoms. The highest BCUT2D eigenvalue weighted by Crippen LogP contribution is 2.33. The van der Waals surface area contributed by atoms with Gasteiger partial charge in [0.15, 0.2) is 0 Å². The molecule has 1 aliphatic rings. The highest BCUT2D eigenvalue weighted by Gasteiger charge is 2.29. The Bertz CT molecular complexity index is 458. The fourth-order valence-corrected chi connectivity index (χ4v) is 3.31. The average molecular weight is 288 g/mol. The van der Waals surface area contributed by atoms with E-state index < -0.39 is 4.92 Å². The second-order valence-corrected chi connectivity index (χ2v) is 5.68. The minimum Gasteiger partial charge on any atom is -0.360 e. The number of nitrogens with one attached hydrogen (secondary N) is 1. The molecule has 1 aromatic rings. The van der Waals surface area contributed by atoms with Gasteiger partial charge in [-0.1, -0.05) is 18.0 Å². The molecule has 1 N–H and O–H groups in total. The summed E-state index contributed by atoms with van der Waals surface area (Å²) in [4.78, 5) is 14.5. The Kier molecular flexibility index (Phi) is 4.29. The first-order valence-corrected chi connectivity index (χ1v) is 7.38. The van der Waals surface area contributed by atoms with Gasteiger partial charge in [-0.15, -0.1) is 0 Å². The predicted molar refractivity (Wildman–Crippen MR) is 74.5 cm³/mol. The highest BCUT2D eigenvalue weighted by molar-refractivity contribution is 7.99. The van der Waals surface area contributed by atoms with E-state index in [1.165, 1.54) is 12.1 Å². The molecular formula is C11H14ClN3O2S. The van der Waals surface area contributed by atoms with Crippen molar-refractivity contribution < 1.29 is 4.92 Å². The van der Waals surface area contributed by atoms with Crippen LogP contribution in [-0.4, -0.2) is 27.5 Å². The van der Waals surface area contributed by atoms with Crippen LogP contribution in [0.4, 0.5) is 11.5 Å². The molecule has 0 aromatic carbocycles. The van der Waals surface area contributed by atoms with Crippen LogP contribution in [0.1, 0.15) is 19.3 Å². The lowest BCUT2D eigenvalue weighted by Crippen LogP contribution is -2.26. The number of hydrogen-bond donors (Lipinski definition) is 1. The molecule has 0 aliphatic heterocycles. The predicted octanol–water partition coefficient (Wildman–Crippen LogP) is 3.34. The van der Waals surface area contributed by atoms with Gasteiger partial charge in [0.2, 0.25) is 5.82 Å². The van der Waals surface area contributed by atoms with Crippen molar-refractivity contribution in [2.45, 2.75) is 30.6 Å².